The Kier molecular flexibility index (Phi) is 4.76. The molecule has 0 aliphatic carbocycles. The Hall–Kier alpha value is -1.70. The van der Waals surface area contributed by atoms with Crippen molar-refractivity contribution in [1.29, 1.82) is 0 Å². The fourth-order valence-electron chi connectivity index (χ4n) is 2.64. The second kappa shape index (κ2) is 6.66. The second-order valence-corrected chi connectivity index (χ2v) is 8.37. The molecule has 2 aromatic rings. The van der Waals surface area contributed by atoms with Crippen molar-refractivity contribution >= 4 is 37.5 Å². The molecule has 0 bridgehead atoms. The van der Waals surface area contributed by atoms with Crippen LogP contribution in [0.25, 0.3) is 0 Å². The quantitative estimate of drug-likeness (QED) is 0.845. The van der Waals surface area contributed by atoms with Gasteiger partial charge in [0.15, 0.2) is 0 Å². The maximum Gasteiger partial charge on any atom is 0.245 e. The van der Waals surface area contributed by atoms with Gasteiger partial charge in [-0.1, -0.05) is 33.6 Å². The Morgan fingerprint density at radius 2 is 1.71 bits per heavy atom. The maximum absolute atomic E-state index is 12.5. The van der Waals surface area contributed by atoms with Crippen LogP contribution >= 0.6 is 15.9 Å². The van der Waals surface area contributed by atoms with Gasteiger partial charge in [0.1, 0.15) is 6.04 Å². The van der Waals surface area contributed by atoms with E-state index in [9.17, 15) is 13.2 Å². The van der Waals surface area contributed by atoms with Gasteiger partial charge in [0.25, 0.3) is 0 Å². The highest BCUT2D eigenvalue weighted by Gasteiger charge is 2.35. The number of halogens is 1. The monoisotopic (exact) mass is 408 g/mol. The van der Waals surface area contributed by atoms with Crippen LogP contribution < -0.4 is 9.62 Å². The average Bonchev–Trinajstić information content (AvgIpc) is 2.89. The molecule has 1 atom stereocenters. The number of hydrogen-bond acceptors (Lipinski definition) is 3. The topological polar surface area (TPSA) is 66.5 Å². The molecule has 1 unspecified atom stereocenters. The zero-order chi connectivity index (χ0) is 17.3. The molecule has 1 amide bonds. The highest BCUT2D eigenvalue weighted by molar-refractivity contribution is 9.10. The fourth-order valence-corrected chi connectivity index (χ4v) is 4.13. The molecule has 7 heteroatoms. The molecular formula is C17H17BrN2O3S. The molecule has 2 aromatic carbocycles. The van der Waals surface area contributed by atoms with Gasteiger partial charge in [-0.3, -0.25) is 4.79 Å². The number of aryl methyl sites for hydroxylation is 1. The number of nitrogens with one attached hydrogen (secondary N) is 1. The van der Waals surface area contributed by atoms with E-state index in [0.717, 1.165) is 15.7 Å². The van der Waals surface area contributed by atoms with Crippen molar-refractivity contribution in [3.63, 3.8) is 0 Å². The number of hydrogen-bond donors (Lipinski definition) is 1. The van der Waals surface area contributed by atoms with Crippen LogP contribution in [0.3, 0.4) is 0 Å². The normalized spacial score (nSPS) is 18.2. The Bertz CT molecular complexity index is 848. The molecule has 1 heterocycles. The fraction of sp³-hybridized carbons (Fsp3) is 0.235. The number of rotatable bonds is 4. The van der Waals surface area contributed by atoms with Gasteiger partial charge in [-0.15, -0.1) is 0 Å². The molecule has 24 heavy (non-hydrogen) atoms. The van der Waals surface area contributed by atoms with Gasteiger partial charge >= 0.3 is 0 Å². The van der Waals surface area contributed by atoms with Gasteiger partial charge in [-0.2, -0.15) is 4.72 Å². The molecule has 1 aliphatic rings. The largest absolute Gasteiger partial charge is 0.311 e. The third-order valence-corrected chi connectivity index (χ3v) is 5.99. The van der Waals surface area contributed by atoms with E-state index in [1.165, 1.54) is 12.1 Å². The number of carbonyl (C=O) groups excluding carboxylic acids is 1. The molecule has 1 aliphatic heterocycles. The Labute approximate surface area is 149 Å². The number of nitrogens with zero attached hydrogens (tertiary/aromatic N) is 1. The predicted octanol–water partition coefficient (Wildman–Crippen LogP) is 2.84. The molecule has 3 rings (SSSR count). The first-order chi connectivity index (χ1) is 11.4. The smallest absolute Gasteiger partial charge is 0.245 e. The second-order valence-electron chi connectivity index (χ2n) is 5.74. The zero-order valence-electron chi connectivity index (χ0n) is 13.1. The van der Waals surface area contributed by atoms with Crippen molar-refractivity contribution in [1.82, 2.24) is 4.72 Å². The van der Waals surface area contributed by atoms with Gasteiger partial charge < -0.3 is 4.90 Å². The lowest BCUT2D eigenvalue weighted by molar-refractivity contribution is -0.118. The third kappa shape index (κ3) is 3.53. The first kappa shape index (κ1) is 17.1. The summed E-state index contributed by atoms with van der Waals surface area (Å²) < 4.78 is 28.2. The van der Waals surface area contributed by atoms with E-state index in [2.05, 4.69) is 20.7 Å². The molecule has 5 nitrogen and oxygen atoms in total. The van der Waals surface area contributed by atoms with Crippen molar-refractivity contribution in [2.75, 3.05) is 11.4 Å². The number of anilines is 1. The van der Waals surface area contributed by atoms with Crippen molar-refractivity contribution in [2.24, 2.45) is 0 Å². The summed E-state index contributed by atoms with van der Waals surface area (Å²) in [4.78, 5) is 14.3. The number of benzene rings is 2. The van der Waals surface area contributed by atoms with Crippen LogP contribution in [0.15, 0.2) is 57.9 Å². The van der Waals surface area contributed by atoms with Crippen LogP contribution in [-0.2, 0) is 14.8 Å². The summed E-state index contributed by atoms with van der Waals surface area (Å²) in [6.45, 7) is 2.47. The lowest BCUT2D eigenvalue weighted by Crippen LogP contribution is -2.41. The van der Waals surface area contributed by atoms with Crippen LogP contribution in [0.5, 0.6) is 0 Å². The van der Waals surface area contributed by atoms with E-state index < -0.39 is 16.1 Å². The molecule has 0 saturated carbocycles. The van der Waals surface area contributed by atoms with Crippen molar-refractivity contribution in [3.05, 3.63) is 58.6 Å². The summed E-state index contributed by atoms with van der Waals surface area (Å²) in [6, 6.07) is 13.2. The van der Waals surface area contributed by atoms with Gasteiger partial charge in [0.05, 0.1) is 4.90 Å². The van der Waals surface area contributed by atoms with E-state index in [-0.39, 0.29) is 10.8 Å². The summed E-state index contributed by atoms with van der Waals surface area (Å²) in [5.74, 6) is -0.223. The molecule has 0 spiro atoms. The Morgan fingerprint density at radius 1 is 1.08 bits per heavy atom. The molecule has 1 saturated heterocycles. The third-order valence-electron chi connectivity index (χ3n) is 3.97. The van der Waals surface area contributed by atoms with Crippen LogP contribution in [0.2, 0.25) is 0 Å². The van der Waals surface area contributed by atoms with Gasteiger partial charge in [0, 0.05) is 16.7 Å². The summed E-state index contributed by atoms with van der Waals surface area (Å²) >= 11 is 3.27. The van der Waals surface area contributed by atoms with E-state index in [1.54, 1.807) is 17.0 Å². The van der Waals surface area contributed by atoms with E-state index in [1.807, 2.05) is 31.2 Å². The Balaban J connectivity index is 1.76. The standard InChI is InChI=1S/C17H17BrN2O3S/c1-12-2-6-14(7-3-12)20-11-10-16(17(20)21)19-24(22,23)15-8-4-13(18)5-9-15/h2-9,16,19H,10-11H2,1H3. The Morgan fingerprint density at radius 3 is 2.33 bits per heavy atom. The van der Waals surface area contributed by atoms with Crippen LogP contribution in [-0.4, -0.2) is 26.9 Å². The predicted molar refractivity (Wildman–Crippen MR) is 96.4 cm³/mol. The lowest BCUT2D eigenvalue weighted by atomic mass is 10.2. The number of sulfonamides is 1. The minimum atomic E-state index is -3.72. The number of carbonyl (C=O) groups is 1. The first-order valence-corrected chi connectivity index (χ1v) is 9.80. The SMILES string of the molecule is Cc1ccc(N2CCC(NS(=O)(=O)c3ccc(Br)cc3)C2=O)cc1. The molecule has 126 valence electrons. The average molecular weight is 409 g/mol. The lowest BCUT2D eigenvalue weighted by Gasteiger charge is -2.17. The molecular weight excluding hydrogens is 392 g/mol. The van der Waals surface area contributed by atoms with Crippen molar-refractivity contribution in [3.8, 4) is 0 Å². The highest BCUT2D eigenvalue weighted by atomic mass is 79.9. The van der Waals surface area contributed by atoms with Gasteiger partial charge in [-0.05, 0) is 49.7 Å². The summed E-state index contributed by atoms with van der Waals surface area (Å²) in [5.41, 5.74) is 1.90. The number of amides is 1. The van der Waals surface area contributed by atoms with Gasteiger partial charge in [-0.25, -0.2) is 8.42 Å². The van der Waals surface area contributed by atoms with E-state index in [0.29, 0.717) is 13.0 Å². The molecule has 0 aromatic heterocycles. The van der Waals surface area contributed by atoms with Crippen LogP contribution in [0, 0.1) is 6.92 Å². The van der Waals surface area contributed by atoms with Crippen molar-refractivity contribution < 1.29 is 13.2 Å². The first-order valence-electron chi connectivity index (χ1n) is 7.53. The minimum Gasteiger partial charge on any atom is -0.311 e. The highest BCUT2D eigenvalue weighted by Crippen LogP contribution is 2.23. The van der Waals surface area contributed by atoms with E-state index in [4.69, 9.17) is 0 Å². The summed E-state index contributed by atoms with van der Waals surface area (Å²) in [7, 11) is -3.72. The van der Waals surface area contributed by atoms with Crippen LogP contribution in [0.1, 0.15) is 12.0 Å². The minimum absolute atomic E-state index is 0.146. The maximum atomic E-state index is 12.5. The van der Waals surface area contributed by atoms with E-state index >= 15 is 0 Å². The molecule has 1 fully saturated rings. The molecule has 0 radical (unpaired) electrons. The zero-order valence-corrected chi connectivity index (χ0v) is 15.5. The van der Waals surface area contributed by atoms with Crippen LogP contribution in [0.4, 0.5) is 5.69 Å². The van der Waals surface area contributed by atoms with Crippen molar-refractivity contribution in [2.45, 2.75) is 24.3 Å². The summed E-state index contributed by atoms with van der Waals surface area (Å²) in [5, 5.41) is 0. The summed E-state index contributed by atoms with van der Waals surface area (Å²) in [6.07, 6.45) is 0.447. The van der Waals surface area contributed by atoms with Gasteiger partial charge in [0.2, 0.25) is 15.9 Å². The molecule has 1 N–H and O–H groups in total.